The molecule has 1 fully saturated rings. The lowest BCUT2D eigenvalue weighted by Gasteiger charge is -2.08. The van der Waals surface area contributed by atoms with Gasteiger partial charge in [0.05, 0.1) is 10.0 Å². The summed E-state index contributed by atoms with van der Waals surface area (Å²) < 4.78 is 5.80. The number of rotatable bonds is 3. The van der Waals surface area contributed by atoms with E-state index in [1.54, 1.807) is 12.1 Å². The quantitative estimate of drug-likeness (QED) is 0.880. The molecule has 0 spiro atoms. The molecular formula is C14H11Cl2NO3S. The van der Waals surface area contributed by atoms with Crippen LogP contribution in [0.25, 0.3) is 11.3 Å². The van der Waals surface area contributed by atoms with E-state index in [0.717, 1.165) is 0 Å². The van der Waals surface area contributed by atoms with Crippen molar-refractivity contribution in [1.29, 1.82) is 0 Å². The fourth-order valence-electron chi connectivity index (χ4n) is 2.11. The van der Waals surface area contributed by atoms with Gasteiger partial charge >= 0.3 is 5.97 Å². The molecule has 0 saturated carbocycles. The third-order valence-corrected chi connectivity index (χ3v) is 5.23. The Kier molecular flexibility index (Phi) is 4.17. The van der Waals surface area contributed by atoms with Gasteiger partial charge in [0.25, 0.3) is 0 Å². The largest absolute Gasteiger partial charge is 0.480 e. The summed E-state index contributed by atoms with van der Waals surface area (Å²) in [4.78, 5) is 10.9. The molecule has 2 heterocycles. The van der Waals surface area contributed by atoms with Crippen LogP contribution in [0.3, 0.4) is 0 Å². The van der Waals surface area contributed by atoms with E-state index in [4.69, 9.17) is 32.7 Å². The van der Waals surface area contributed by atoms with Crippen molar-refractivity contribution in [2.75, 3.05) is 5.75 Å². The van der Waals surface area contributed by atoms with Crippen molar-refractivity contribution in [3.05, 3.63) is 46.1 Å². The standard InChI is InChI=1S/C14H11Cl2NO3S/c15-8-3-1-2-7(12(8)16)10-4-5-11(20-10)13-17-9(6-21-13)14(18)19/h1-5,9,13,17H,6H2,(H,18,19). The summed E-state index contributed by atoms with van der Waals surface area (Å²) in [6, 6.07) is 8.41. The highest BCUT2D eigenvalue weighted by molar-refractivity contribution is 7.99. The first-order valence-electron chi connectivity index (χ1n) is 6.21. The van der Waals surface area contributed by atoms with Gasteiger partial charge in [0.15, 0.2) is 0 Å². The van der Waals surface area contributed by atoms with Crippen LogP contribution in [0, 0.1) is 0 Å². The lowest BCUT2D eigenvalue weighted by molar-refractivity contribution is -0.138. The van der Waals surface area contributed by atoms with Crippen LogP contribution in [0.15, 0.2) is 34.7 Å². The van der Waals surface area contributed by atoms with Gasteiger partial charge in [0.1, 0.15) is 22.9 Å². The normalized spacial score (nSPS) is 21.6. The summed E-state index contributed by atoms with van der Waals surface area (Å²) in [6.45, 7) is 0. The molecule has 21 heavy (non-hydrogen) atoms. The number of furan rings is 1. The zero-order chi connectivity index (χ0) is 15.0. The molecule has 1 aliphatic heterocycles. The van der Waals surface area contributed by atoms with Crippen LogP contribution in [0.2, 0.25) is 10.0 Å². The molecule has 1 saturated heterocycles. The van der Waals surface area contributed by atoms with E-state index in [1.165, 1.54) is 11.8 Å². The van der Waals surface area contributed by atoms with Crippen molar-refractivity contribution in [3.63, 3.8) is 0 Å². The van der Waals surface area contributed by atoms with Gasteiger partial charge in [0, 0.05) is 11.3 Å². The molecule has 7 heteroatoms. The third kappa shape index (κ3) is 2.92. The Morgan fingerprint density at radius 1 is 1.33 bits per heavy atom. The highest BCUT2D eigenvalue weighted by Gasteiger charge is 2.32. The fourth-order valence-corrected chi connectivity index (χ4v) is 3.68. The second kappa shape index (κ2) is 5.93. The highest BCUT2D eigenvalue weighted by Crippen LogP contribution is 2.38. The number of benzene rings is 1. The predicted octanol–water partition coefficient (Wildman–Crippen LogP) is 4.04. The predicted molar refractivity (Wildman–Crippen MR) is 83.9 cm³/mol. The van der Waals surface area contributed by atoms with E-state index in [0.29, 0.717) is 32.9 Å². The maximum Gasteiger partial charge on any atom is 0.321 e. The van der Waals surface area contributed by atoms with Gasteiger partial charge in [-0.25, -0.2) is 0 Å². The van der Waals surface area contributed by atoms with Crippen molar-refractivity contribution >= 4 is 40.9 Å². The number of carboxylic acid groups (broad SMARTS) is 1. The van der Waals surface area contributed by atoms with Crippen LogP contribution < -0.4 is 5.32 Å². The van der Waals surface area contributed by atoms with Crippen LogP contribution in [-0.2, 0) is 4.79 Å². The highest BCUT2D eigenvalue weighted by atomic mass is 35.5. The maximum atomic E-state index is 10.9. The number of carboxylic acids is 1. The van der Waals surface area contributed by atoms with Gasteiger partial charge in [-0.15, -0.1) is 11.8 Å². The van der Waals surface area contributed by atoms with E-state index in [1.807, 2.05) is 18.2 Å². The van der Waals surface area contributed by atoms with E-state index in [9.17, 15) is 4.79 Å². The molecule has 4 nitrogen and oxygen atoms in total. The monoisotopic (exact) mass is 343 g/mol. The SMILES string of the molecule is O=C(O)C1CSC(c2ccc(-c3cccc(Cl)c3Cl)o2)N1. The minimum absolute atomic E-state index is 0.169. The molecule has 1 aromatic heterocycles. The van der Waals surface area contributed by atoms with Gasteiger partial charge < -0.3 is 9.52 Å². The van der Waals surface area contributed by atoms with Gasteiger partial charge in [-0.2, -0.15) is 0 Å². The number of aliphatic carboxylic acids is 1. The molecule has 110 valence electrons. The number of hydrogen-bond donors (Lipinski definition) is 2. The van der Waals surface area contributed by atoms with Crippen molar-refractivity contribution in [1.82, 2.24) is 5.32 Å². The van der Waals surface area contributed by atoms with Crippen LogP contribution in [0.5, 0.6) is 0 Å². The number of hydrogen-bond acceptors (Lipinski definition) is 4. The summed E-state index contributed by atoms with van der Waals surface area (Å²) in [7, 11) is 0. The molecule has 0 bridgehead atoms. The first-order chi connectivity index (χ1) is 10.1. The van der Waals surface area contributed by atoms with Crippen molar-refractivity contribution < 1.29 is 14.3 Å². The van der Waals surface area contributed by atoms with Crippen LogP contribution in [-0.4, -0.2) is 22.9 Å². The molecule has 2 atom stereocenters. The average Bonchev–Trinajstić information content (AvgIpc) is 3.09. The maximum absolute atomic E-state index is 10.9. The minimum Gasteiger partial charge on any atom is -0.480 e. The van der Waals surface area contributed by atoms with Gasteiger partial charge in [-0.1, -0.05) is 29.3 Å². The molecule has 0 amide bonds. The Bertz CT molecular complexity index is 689. The van der Waals surface area contributed by atoms with Crippen molar-refractivity contribution in [3.8, 4) is 11.3 Å². The Balaban J connectivity index is 1.84. The summed E-state index contributed by atoms with van der Waals surface area (Å²) in [5.74, 6) is 0.941. The molecule has 0 aliphatic carbocycles. The zero-order valence-corrected chi connectivity index (χ0v) is 13.0. The lowest BCUT2D eigenvalue weighted by Crippen LogP contribution is -2.33. The average molecular weight is 344 g/mol. The molecule has 2 N–H and O–H groups in total. The Morgan fingerprint density at radius 2 is 2.14 bits per heavy atom. The minimum atomic E-state index is -0.852. The lowest BCUT2D eigenvalue weighted by atomic mass is 10.2. The molecular weight excluding hydrogens is 333 g/mol. The Labute approximate surface area is 135 Å². The summed E-state index contributed by atoms with van der Waals surface area (Å²) in [6.07, 6.45) is 0. The molecule has 3 rings (SSSR count). The fraction of sp³-hybridized carbons (Fsp3) is 0.214. The first-order valence-corrected chi connectivity index (χ1v) is 8.01. The Hall–Kier alpha value is -1.14. The molecule has 0 radical (unpaired) electrons. The van der Waals surface area contributed by atoms with E-state index >= 15 is 0 Å². The van der Waals surface area contributed by atoms with Crippen molar-refractivity contribution in [2.45, 2.75) is 11.4 Å². The van der Waals surface area contributed by atoms with Crippen LogP contribution >= 0.6 is 35.0 Å². The molecule has 2 unspecified atom stereocenters. The zero-order valence-electron chi connectivity index (χ0n) is 10.7. The van der Waals surface area contributed by atoms with Gasteiger partial charge in [-0.05, 0) is 24.3 Å². The summed E-state index contributed by atoms with van der Waals surface area (Å²) in [5, 5.41) is 12.7. The summed E-state index contributed by atoms with van der Waals surface area (Å²) >= 11 is 13.7. The number of thioether (sulfide) groups is 1. The third-order valence-electron chi connectivity index (χ3n) is 3.18. The molecule has 2 aromatic rings. The van der Waals surface area contributed by atoms with E-state index in [-0.39, 0.29) is 5.37 Å². The second-order valence-corrected chi connectivity index (χ2v) is 6.50. The smallest absolute Gasteiger partial charge is 0.321 e. The van der Waals surface area contributed by atoms with Crippen molar-refractivity contribution in [2.24, 2.45) is 0 Å². The molecule has 1 aliphatic rings. The summed E-state index contributed by atoms with van der Waals surface area (Å²) in [5.41, 5.74) is 0.716. The number of halogens is 2. The van der Waals surface area contributed by atoms with Gasteiger partial charge in [-0.3, -0.25) is 10.1 Å². The number of carbonyl (C=O) groups is 1. The van der Waals surface area contributed by atoms with Gasteiger partial charge in [0.2, 0.25) is 0 Å². The number of nitrogens with one attached hydrogen (secondary N) is 1. The topological polar surface area (TPSA) is 62.5 Å². The van der Waals surface area contributed by atoms with Crippen LogP contribution in [0.1, 0.15) is 11.1 Å². The Morgan fingerprint density at radius 3 is 2.86 bits per heavy atom. The van der Waals surface area contributed by atoms with E-state index < -0.39 is 12.0 Å². The first kappa shape index (κ1) is 14.8. The van der Waals surface area contributed by atoms with E-state index in [2.05, 4.69) is 5.32 Å². The molecule has 1 aromatic carbocycles. The second-order valence-electron chi connectivity index (χ2n) is 4.57. The van der Waals surface area contributed by atoms with Crippen LogP contribution in [0.4, 0.5) is 0 Å².